The van der Waals surface area contributed by atoms with Gasteiger partial charge in [0.25, 0.3) is 0 Å². The number of hydrogen-bond donors (Lipinski definition) is 0. The normalized spacial score (nSPS) is 9.71. The molecule has 0 aliphatic heterocycles. The number of anilines is 2. The second kappa shape index (κ2) is 4.62. The topological polar surface area (TPSA) is 39.9 Å². The average Bonchev–Trinajstić information content (AvgIpc) is 2.39. The van der Waals surface area contributed by atoms with Crippen LogP contribution in [0.3, 0.4) is 0 Å². The van der Waals surface area contributed by atoms with Crippen molar-refractivity contribution in [2.24, 2.45) is 0 Å². The van der Waals surface area contributed by atoms with E-state index in [4.69, 9.17) is 5.26 Å². The first-order chi connectivity index (χ1) is 8.20. The molecule has 17 heavy (non-hydrogen) atoms. The molecule has 0 bridgehead atoms. The van der Waals surface area contributed by atoms with Gasteiger partial charge in [-0.1, -0.05) is 6.07 Å². The number of hydrogen-bond acceptors (Lipinski definition) is 3. The maximum Gasteiger partial charge on any atom is 0.141 e. The molecule has 3 nitrogen and oxygen atoms in total. The molecule has 0 spiro atoms. The fourth-order valence-electron chi connectivity index (χ4n) is 1.48. The van der Waals surface area contributed by atoms with E-state index in [1.54, 1.807) is 29.2 Å². The molecule has 0 saturated heterocycles. The summed E-state index contributed by atoms with van der Waals surface area (Å²) in [6.07, 6.45) is 1.17. The summed E-state index contributed by atoms with van der Waals surface area (Å²) in [5.74, 6) is 0.259. The number of pyridine rings is 1. The van der Waals surface area contributed by atoms with Gasteiger partial charge in [0.1, 0.15) is 11.6 Å². The van der Waals surface area contributed by atoms with Crippen LogP contribution in [0, 0.1) is 17.1 Å². The molecule has 0 atom stereocenters. The Morgan fingerprint density at radius 2 is 2.12 bits per heavy atom. The Kier molecular flexibility index (Phi) is 3.01. The highest BCUT2D eigenvalue weighted by atomic mass is 19.1. The fraction of sp³-hybridized carbons (Fsp3) is 0.0769. The molecule has 0 N–H and O–H groups in total. The SMILES string of the molecule is CN(c1cccc(C#N)c1)c1ccc(F)cn1. The molecule has 0 saturated carbocycles. The van der Waals surface area contributed by atoms with Gasteiger partial charge in [-0.25, -0.2) is 9.37 Å². The van der Waals surface area contributed by atoms with Crippen molar-refractivity contribution in [3.8, 4) is 6.07 Å². The van der Waals surface area contributed by atoms with E-state index < -0.39 is 0 Å². The molecule has 0 radical (unpaired) electrons. The van der Waals surface area contributed by atoms with Crippen molar-refractivity contribution in [3.05, 3.63) is 54.0 Å². The van der Waals surface area contributed by atoms with Crippen LogP contribution < -0.4 is 4.90 Å². The van der Waals surface area contributed by atoms with Crippen LogP contribution in [0.2, 0.25) is 0 Å². The average molecular weight is 227 g/mol. The minimum Gasteiger partial charge on any atom is -0.329 e. The Bertz CT molecular complexity index is 558. The van der Waals surface area contributed by atoms with Crippen molar-refractivity contribution in [2.75, 3.05) is 11.9 Å². The Labute approximate surface area is 98.8 Å². The highest BCUT2D eigenvalue weighted by molar-refractivity contribution is 5.60. The third-order valence-electron chi connectivity index (χ3n) is 2.42. The van der Waals surface area contributed by atoms with E-state index in [1.807, 2.05) is 13.1 Å². The number of halogens is 1. The first-order valence-electron chi connectivity index (χ1n) is 5.06. The molecule has 0 fully saturated rings. The van der Waals surface area contributed by atoms with Gasteiger partial charge in [-0.3, -0.25) is 0 Å². The van der Waals surface area contributed by atoms with Gasteiger partial charge in [0.05, 0.1) is 17.8 Å². The summed E-state index contributed by atoms with van der Waals surface area (Å²) in [6.45, 7) is 0. The second-order valence-corrected chi connectivity index (χ2v) is 3.56. The van der Waals surface area contributed by atoms with Crippen molar-refractivity contribution >= 4 is 11.5 Å². The summed E-state index contributed by atoms with van der Waals surface area (Å²) in [5, 5.41) is 8.82. The molecular formula is C13H10FN3. The lowest BCUT2D eigenvalue weighted by molar-refractivity contribution is 0.621. The number of benzene rings is 1. The molecular weight excluding hydrogens is 217 g/mol. The second-order valence-electron chi connectivity index (χ2n) is 3.56. The van der Waals surface area contributed by atoms with Gasteiger partial charge < -0.3 is 4.90 Å². The number of rotatable bonds is 2. The first-order valence-corrected chi connectivity index (χ1v) is 5.06. The van der Waals surface area contributed by atoms with Crippen LogP contribution in [0.1, 0.15) is 5.56 Å². The highest BCUT2D eigenvalue weighted by Gasteiger charge is 2.05. The predicted molar refractivity (Wildman–Crippen MR) is 63.4 cm³/mol. The molecule has 1 aromatic carbocycles. The van der Waals surface area contributed by atoms with Gasteiger partial charge in [0.2, 0.25) is 0 Å². The molecule has 0 aliphatic rings. The van der Waals surface area contributed by atoms with Crippen molar-refractivity contribution in [2.45, 2.75) is 0 Å². The molecule has 0 unspecified atom stereocenters. The third kappa shape index (κ3) is 2.40. The first kappa shape index (κ1) is 11.1. The van der Waals surface area contributed by atoms with Crippen LogP contribution in [0.4, 0.5) is 15.9 Å². The molecule has 1 heterocycles. The minimum absolute atomic E-state index is 0.368. The Morgan fingerprint density at radius 1 is 1.29 bits per heavy atom. The molecule has 4 heteroatoms. The number of nitrogens with zero attached hydrogens (tertiary/aromatic N) is 3. The largest absolute Gasteiger partial charge is 0.329 e. The third-order valence-corrected chi connectivity index (χ3v) is 2.42. The van der Waals surface area contributed by atoms with E-state index in [2.05, 4.69) is 11.1 Å². The van der Waals surface area contributed by atoms with E-state index in [1.165, 1.54) is 12.3 Å². The highest BCUT2D eigenvalue weighted by Crippen LogP contribution is 2.22. The monoisotopic (exact) mass is 227 g/mol. The quantitative estimate of drug-likeness (QED) is 0.792. The predicted octanol–water partition coefficient (Wildman–Crippen LogP) is 2.86. The van der Waals surface area contributed by atoms with E-state index in [9.17, 15) is 4.39 Å². The summed E-state index contributed by atoms with van der Waals surface area (Å²) in [5.41, 5.74) is 1.42. The minimum atomic E-state index is -0.368. The zero-order chi connectivity index (χ0) is 12.3. The molecule has 84 valence electrons. The molecule has 0 amide bonds. The molecule has 1 aromatic heterocycles. The van der Waals surface area contributed by atoms with Crippen molar-refractivity contribution in [3.63, 3.8) is 0 Å². The van der Waals surface area contributed by atoms with Crippen LogP contribution in [0.5, 0.6) is 0 Å². The van der Waals surface area contributed by atoms with Crippen LogP contribution in [0.25, 0.3) is 0 Å². The van der Waals surface area contributed by atoms with Gasteiger partial charge in [0, 0.05) is 12.7 Å². The van der Waals surface area contributed by atoms with E-state index in [0.717, 1.165) is 5.69 Å². The van der Waals surface area contributed by atoms with E-state index in [0.29, 0.717) is 11.4 Å². The van der Waals surface area contributed by atoms with Gasteiger partial charge in [-0.15, -0.1) is 0 Å². The summed E-state index contributed by atoms with van der Waals surface area (Å²) in [6, 6.07) is 12.2. The maximum absolute atomic E-state index is 12.7. The summed E-state index contributed by atoms with van der Waals surface area (Å²) < 4.78 is 12.7. The lowest BCUT2D eigenvalue weighted by Gasteiger charge is -2.18. The standard InChI is InChI=1S/C13H10FN3/c1-17(13-6-5-11(14)9-16-13)12-4-2-3-10(7-12)8-15/h2-7,9H,1H3. The van der Waals surface area contributed by atoms with Crippen LogP contribution in [0.15, 0.2) is 42.6 Å². The summed E-state index contributed by atoms with van der Waals surface area (Å²) >= 11 is 0. The maximum atomic E-state index is 12.7. The lowest BCUT2D eigenvalue weighted by Crippen LogP contribution is -2.11. The van der Waals surface area contributed by atoms with Gasteiger partial charge in [-0.05, 0) is 30.3 Å². The van der Waals surface area contributed by atoms with Crippen LogP contribution in [-0.4, -0.2) is 12.0 Å². The van der Waals surface area contributed by atoms with E-state index in [-0.39, 0.29) is 5.82 Å². The van der Waals surface area contributed by atoms with Crippen LogP contribution >= 0.6 is 0 Å². The van der Waals surface area contributed by atoms with Gasteiger partial charge in [-0.2, -0.15) is 5.26 Å². The van der Waals surface area contributed by atoms with Crippen molar-refractivity contribution in [1.82, 2.24) is 4.98 Å². The molecule has 2 aromatic rings. The van der Waals surface area contributed by atoms with Gasteiger partial charge >= 0.3 is 0 Å². The molecule has 0 aliphatic carbocycles. The van der Waals surface area contributed by atoms with Crippen molar-refractivity contribution < 1.29 is 4.39 Å². The number of aromatic nitrogens is 1. The zero-order valence-electron chi connectivity index (χ0n) is 9.26. The number of nitriles is 1. The van der Waals surface area contributed by atoms with Crippen molar-refractivity contribution in [1.29, 1.82) is 5.26 Å². The Morgan fingerprint density at radius 3 is 2.76 bits per heavy atom. The summed E-state index contributed by atoms with van der Waals surface area (Å²) in [4.78, 5) is 5.77. The van der Waals surface area contributed by atoms with Crippen LogP contribution in [-0.2, 0) is 0 Å². The lowest BCUT2D eigenvalue weighted by atomic mass is 10.2. The smallest absolute Gasteiger partial charge is 0.141 e. The van der Waals surface area contributed by atoms with E-state index >= 15 is 0 Å². The summed E-state index contributed by atoms with van der Waals surface area (Å²) in [7, 11) is 1.82. The Balaban J connectivity index is 2.33. The fourth-order valence-corrected chi connectivity index (χ4v) is 1.48. The molecule has 2 rings (SSSR count). The van der Waals surface area contributed by atoms with Gasteiger partial charge in [0.15, 0.2) is 0 Å². The Hall–Kier alpha value is -2.41. The zero-order valence-corrected chi connectivity index (χ0v) is 9.26.